The predicted octanol–water partition coefficient (Wildman–Crippen LogP) is 2.24. The minimum Gasteiger partial charge on any atom is -0.507 e. The number of unbranched alkanes of at least 4 members (excludes halogenated alkanes) is 1. The van der Waals surface area contributed by atoms with Crippen LogP contribution in [0.15, 0.2) is 91.0 Å². The Morgan fingerprint density at radius 1 is 0.956 bits per heavy atom. The van der Waals surface area contributed by atoms with Gasteiger partial charge in [0.2, 0.25) is 41.4 Å². The van der Waals surface area contributed by atoms with Crippen LogP contribution in [0.4, 0.5) is 0 Å². The van der Waals surface area contributed by atoms with E-state index in [1.165, 1.54) is 57.3 Å². The molecule has 3 aromatic carbocycles. The molecule has 7 atom stereocenters. The molecule has 2 aliphatic heterocycles. The molecule has 19 heteroatoms. The van der Waals surface area contributed by atoms with Gasteiger partial charge in [0.05, 0.1) is 6.10 Å². The van der Waals surface area contributed by atoms with Crippen molar-refractivity contribution in [1.29, 1.82) is 0 Å². The van der Waals surface area contributed by atoms with Crippen LogP contribution in [0.1, 0.15) is 69.2 Å². The Hall–Kier alpha value is -7.02. The molecule has 1 fully saturated rings. The van der Waals surface area contributed by atoms with Crippen LogP contribution >= 0.6 is 11.6 Å². The van der Waals surface area contributed by atoms with Crippen molar-refractivity contribution in [2.75, 3.05) is 20.1 Å². The number of aliphatic hydroxyl groups is 1. The lowest BCUT2D eigenvalue weighted by Crippen LogP contribution is -2.58. The lowest BCUT2D eigenvalue weighted by Gasteiger charge is -2.32. The fourth-order valence-corrected chi connectivity index (χ4v) is 8.24. The van der Waals surface area contributed by atoms with E-state index in [-0.39, 0.29) is 59.6 Å². The van der Waals surface area contributed by atoms with Crippen LogP contribution in [0.5, 0.6) is 11.5 Å². The minimum absolute atomic E-state index is 0.0132. The van der Waals surface area contributed by atoms with Crippen LogP contribution in [0.3, 0.4) is 0 Å². The number of primary amides is 1. The normalized spacial score (nSPS) is 20.8. The van der Waals surface area contributed by atoms with E-state index in [4.69, 9.17) is 23.1 Å². The standard InChI is InChI=1S/C49H59ClN8O10/c1-6-30(31-13-16-33(50)17-14-31)12-10-26(2)44(63)55-36(9-7-8-21-51)49(68)57(5)41-32-15-19-39(60)35(25-32)34-23-29(11-18-38(34)59)24-37(56-45(64)27(3)53-47(41)66)46(65)54-28(4)48(67)58-22-20-40(61)42(58)43(52)62/h6,10-19,23,25,27-28,36-37,40-42,59-61H,1,7-9,20-22,24,51H2,2-5H3,(H2,52,62)(H,53,66)(H,54,65)(H,55,63)(H,56,64)/b26-10+,30-12+/t27-,28-,36-,37-,40-,41-,42-/m0/s1. The van der Waals surface area contributed by atoms with Gasteiger partial charge in [0.1, 0.15) is 47.8 Å². The zero-order valence-corrected chi connectivity index (χ0v) is 39.1. The van der Waals surface area contributed by atoms with Gasteiger partial charge in [0.15, 0.2) is 0 Å². The van der Waals surface area contributed by atoms with E-state index in [1.807, 2.05) is 12.1 Å². The van der Waals surface area contributed by atoms with Crippen LogP contribution in [-0.2, 0) is 40.0 Å². The Kier molecular flexibility index (Phi) is 17.7. The first-order chi connectivity index (χ1) is 32.2. The molecule has 18 nitrogen and oxygen atoms in total. The number of benzene rings is 3. The predicted molar refractivity (Wildman–Crippen MR) is 255 cm³/mol. The van der Waals surface area contributed by atoms with Crippen molar-refractivity contribution in [1.82, 2.24) is 31.1 Å². The highest BCUT2D eigenvalue weighted by Crippen LogP contribution is 2.39. The first kappa shape index (κ1) is 52.0. The second-order valence-corrected chi connectivity index (χ2v) is 17.4. The van der Waals surface area contributed by atoms with Crippen LogP contribution < -0.4 is 32.7 Å². The van der Waals surface area contributed by atoms with Crippen LogP contribution in [0, 0.1) is 0 Å². The number of amides is 7. The third-order valence-electron chi connectivity index (χ3n) is 12.0. The number of aromatic hydroxyl groups is 2. The summed E-state index contributed by atoms with van der Waals surface area (Å²) < 4.78 is 0. The van der Waals surface area contributed by atoms with E-state index in [0.29, 0.717) is 35.5 Å². The Morgan fingerprint density at radius 3 is 2.26 bits per heavy atom. The number of carbonyl (C=O) groups is 7. The maximum Gasteiger partial charge on any atom is 0.248 e. The number of hydrogen-bond donors (Lipinski definition) is 9. The maximum absolute atomic E-state index is 14.6. The number of halogens is 1. The summed E-state index contributed by atoms with van der Waals surface area (Å²) in [5.41, 5.74) is 13.7. The smallest absolute Gasteiger partial charge is 0.248 e. The highest BCUT2D eigenvalue weighted by molar-refractivity contribution is 6.30. The van der Waals surface area contributed by atoms with E-state index < -0.39 is 83.7 Å². The number of hydrogen-bond acceptors (Lipinski definition) is 11. The van der Waals surface area contributed by atoms with E-state index in [0.717, 1.165) is 15.4 Å². The summed E-state index contributed by atoms with van der Waals surface area (Å²) in [6.45, 7) is 8.52. The monoisotopic (exact) mass is 954 g/mol. The Bertz CT molecular complexity index is 2490. The van der Waals surface area contributed by atoms with Gasteiger partial charge in [-0.3, -0.25) is 33.6 Å². The van der Waals surface area contributed by atoms with Crippen LogP contribution in [-0.4, -0.2) is 123 Å². The number of phenols is 2. The highest BCUT2D eigenvalue weighted by atomic mass is 35.5. The molecule has 0 unspecified atom stereocenters. The Morgan fingerprint density at radius 2 is 1.62 bits per heavy atom. The van der Waals surface area contributed by atoms with Gasteiger partial charge in [-0.05, 0) is 112 Å². The topological polar surface area (TPSA) is 287 Å². The average molecular weight is 956 g/mol. The van der Waals surface area contributed by atoms with Crippen molar-refractivity contribution in [3.8, 4) is 22.6 Å². The van der Waals surface area contributed by atoms with Gasteiger partial charge in [-0.25, -0.2) is 0 Å². The fourth-order valence-electron chi connectivity index (χ4n) is 8.12. The van der Waals surface area contributed by atoms with Gasteiger partial charge in [0.25, 0.3) is 0 Å². The summed E-state index contributed by atoms with van der Waals surface area (Å²) in [4.78, 5) is 98.4. The van der Waals surface area contributed by atoms with Crippen molar-refractivity contribution >= 4 is 58.5 Å². The number of likely N-dealkylation sites (tertiary alicyclic amines) is 1. The van der Waals surface area contributed by atoms with Crippen molar-refractivity contribution in [3.63, 3.8) is 0 Å². The fraction of sp³-hybridized carbons (Fsp3) is 0.367. The van der Waals surface area contributed by atoms with E-state index >= 15 is 0 Å². The lowest BCUT2D eigenvalue weighted by molar-refractivity contribution is -0.143. The molecule has 7 amide bonds. The first-order valence-electron chi connectivity index (χ1n) is 22.1. The van der Waals surface area contributed by atoms with E-state index in [2.05, 4.69) is 27.8 Å². The number of carbonyl (C=O) groups excluding carboxylic acids is 7. The Labute approximate surface area is 399 Å². The number of nitrogens with two attached hydrogens (primary N) is 2. The molecular formula is C49H59ClN8O10. The number of rotatable bonds is 15. The molecule has 5 rings (SSSR count). The third-order valence-corrected chi connectivity index (χ3v) is 12.2. The molecule has 362 valence electrons. The van der Waals surface area contributed by atoms with Crippen molar-refractivity contribution in [3.05, 3.63) is 113 Å². The Balaban J connectivity index is 1.47. The summed E-state index contributed by atoms with van der Waals surface area (Å²) in [5.74, 6) is -5.93. The zero-order chi connectivity index (χ0) is 50.0. The number of phenolic OH excluding ortho intramolecular Hbond substituents is 2. The van der Waals surface area contributed by atoms with E-state index in [9.17, 15) is 48.9 Å². The number of aliphatic hydroxyl groups excluding tert-OH is 1. The average Bonchev–Trinajstić information content (AvgIpc) is 3.70. The first-order valence-corrected chi connectivity index (χ1v) is 22.5. The summed E-state index contributed by atoms with van der Waals surface area (Å²) in [5, 5.41) is 43.8. The van der Waals surface area contributed by atoms with Crippen LogP contribution in [0.2, 0.25) is 5.02 Å². The van der Waals surface area contributed by atoms with Gasteiger partial charge in [-0.2, -0.15) is 0 Å². The summed E-state index contributed by atoms with van der Waals surface area (Å²) >= 11 is 6.05. The second-order valence-electron chi connectivity index (χ2n) is 16.9. The van der Waals surface area contributed by atoms with E-state index in [1.54, 1.807) is 37.3 Å². The molecule has 2 aliphatic rings. The quantitative estimate of drug-likeness (QED) is 0.0605. The minimum atomic E-state index is -1.49. The molecule has 68 heavy (non-hydrogen) atoms. The van der Waals surface area contributed by atoms with Crippen LogP contribution in [0.25, 0.3) is 16.7 Å². The van der Waals surface area contributed by atoms with Gasteiger partial charge in [-0.15, -0.1) is 0 Å². The molecule has 1 saturated heterocycles. The lowest BCUT2D eigenvalue weighted by atomic mass is 9.93. The molecular weight excluding hydrogens is 896 g/mol. The third kappa shape index (κ3) is 12.5. The van der Waals surface area contributed by atoms with Gasteiger partial charge >= 0.3 is 0 Å². The molecule has 0 radical (unpaired) electrons. The molecule has 0 spiro atoms. The SMILES string of the molecule is C=C/C(=C\C=C(/C)C(=O)N[C@@H](CCCCN)C(=O)N(C)[C@@H]1C(=O)N[C@@H](C)C(=O)N[C@H](C(=O)N[C@@H](C)C(=O)N2CC[C@H](O)[C@H]2C(N)=O)Cc2ccc(O)c(c2)-c2cc1ccc2O)c1ccc(Cl)cc1. The number of fused-ring (bicyclic) bond motifs is 5. The summed E-state index contributed by atoms with van der Waals surface area (Å²) in [6, 6.07) is 7.61. The number of allylic oxidation sites excluding steroid dienone is 4. The van der Waals surface area contributed by atoms with Crippen molar-refractivity contribution in [2.24, 2.45) is 11.5 Å². The van der Waals surface area contributed by atoms with Crippen molar-refractivity contribution < 1.29 is 48.9 Å². The molecule has 4 bridgehead atoms. The summed E-state index contributed by atoms with van der Waals surface area (Å²) in [6.07, 6.45) is 4.74. The van der Waals surface area contributed by atoms with Gasteiger partial charge in [-0.1, -0.05) is 60.7 Å². The highest BCUT2D eigenvalue weighted by Gasteiger charge is 2.42. The van der Waals surface area contributed by atoms with Crippen molar-refractivity contribution in [2.45, 2.75) is 95.2 Å². The molecule has 2 heterocycles. The molecule has 0 aliphatic carbocycles. The molecule has 0 saturated carbocycles. The summed E-state index contributed by atoms with van der Waals surface area (Å²) in [7, 11) is 1.36. The number of nitrogens with zero attached hydrogens (tertiary/aromatic N) is 2. The number of nitrogens with one attached hydrogen (secondary N) is 4. The zero-order valence-electron chi connectivity index (χ0n) is 38.3. The van der Waals surface area contributed by atoms with Gasteiger partial charge in [0, 0.05) is 41.7 Å². The largest absolute Gasteiger partial charge is 0.507 e. The number of likely N-dealkylation sites (N-methyl/N-ethyl adjacent to an activating group) is 1. The molecule has 0 aromatic heterocycles. The molecule has 3 aromatic rings. The second kappa shape index (κ2) is 23.1. The maximum atomic E-state index is 14.6. The van der Waals surface area contributed by atoms with Gasteiger partial charge < -0.3 is 57.9 Å². The molecule has 11 N–H and O–H groups in total.